The number of hydrogen-bond acceptors (Lipinski definition) is 5. The minimum Gasteiger partial charge on any atom is -0.368 e. The second-order valence-electron chi connectivity index (χ2n) is 8.72. The number of primary amides is 1. The van der Waals surface area contributed by atoms with Crippen LogP contribution in [0.5, 0.6) is 0 Å². The van der Waals surface area contributed by atoms with Gasteiger partial charge in [-0.1, -0.05) is 54.6 Å². The molecule has 0 bridgehead atoms. The molecule has 9 nitrogen and oxygen atoms in total. The zero-order chi connectivity index (χ0) is 23.6. The van der Waals surface area contributed by atoms with Crippen LogP contribution in [0.4, 0.5) is 4.79 Å². The molecule has 0 aliphatic carbocycles. The Bertz CT molecular complexity index is 1090. The third kappa shape index (κ3) is 4.73. The Morgan fingerprint density at radius 2 is 1.76 bits per heavy atom. The summed E-state index contributed by atoms with van der Waals surface area (Å²) < 4.78 is 0. The second-order valence-corrected chi connectivity index (χ2v) is 8.72. The summed E-state index contributed by atoms with van der Waals surface area (Å²) in [5.41, 5.74) is 9.92. The van der Waals surface area contributed by atoms with Gasteiger partial charge in [0.1, 0.15) is 5.54 Å². The van der Waals surface area contributed by atoms with Gasteiger partial charge in [-0.2, -0.15) is 5.01 Å². The van der Waals surface area contributed by atoms with E-state index < -0.39 is 35.3 Å². The predicted octanol–water partition coefficient (Wildman–Crippen LogP) is 0.873. The van der Waals surface area contributed by atoms with E-state index in [-0.39, 0.29) is 6.54 Å². The molecule has 0 spiro atoms. The molecular formula is C24H27N5O4. The molecule has 4 rings (SSSR count). The first kappa shape index (κ1) is 22.5. The van der Waals surface area contributed by atoms with Gasteiger partial charge < -0.3 is 11.1 Å². The van der Waals surface area contributed by atoms with Crippen LogP contribution in [0.15, 0.2) is 54.6 Å². The van der Waals surface area contributed by atoms with Crippen molar-refractivity contribution in [3.8, 4) is 0 Å². The van der Waals surface area contributed by atoms with Gasteiger partial charge in [0.25, 0.3) is 11.8 Å². The van der Waals surface area contributed by atoms with Crippen molar-refractivity contribution >= 4 is 23.8 Å². The first-order valence-electron chi connectivity index (χ1n) is 10.9. The van der Waals surface area contributed by atoms with Crippen LogP contribution in [0.2, 0.25) is 0 Å². The summed E-state index contributed by atoms with van der Waals surface area (Å²) in [5.74, 6) is -1.62. The third-order valence-electron chi connectivity index (χ3n) is 6.28. The molecule has 0 radical (unpaired) electrons. The molecule has 2 atom stereocenters. The lowest BCUT2D eigenvalue weighted by Gasteiger charge is -2.34. The van der Waals surface area contributed by atoms with Gasteiger partial charge in [-0.15, -0.1) is 0 Å². The molecule has 1 fully saturated rings. The summed E-state index contributed by atoms with van der Waals surface area (Å²) in [4.78, 5) is 51.8. The predicted molar refractivity (Wildman–Crippen MR) is 120 cm³/mol. The van der Waals surface area contributed by atoms with Crippen molar-refractivity contribution in [1.29, 1.82) is 0 Å². The molecule has 2 aliphatic heterocycles. The molecule has 4 N–H and O–H groups in total. The molecule has 2 heterocycles. The minimum atomic E-state index is -1.12. The number of aryl methyl sites for hydroxylation is 1. The van der Waals surface area contributed by atoms with Crippen LogP contribution in [0.1, 0.15) is 30.0 Å². The van der Waals surface area contributed by atoms with Crippen LogP contribution in [-0.2, 0) is 33.8 Å². The van der Waals surface area contributed by atoms with Crippen LogP contribution in [0.25, 0.3) is 0 Å². The fourth-order valence-electron chi connectivity index (χ4n) is 4.36. The molecule has 5 amide bonds. The van der Waals surface area contributed by atoms with E-state index in [1.165, 1.54) is 0 Å². The second kappa shape index (κ2) is 9.03. The van der Waals surface area contributed by atoms with E-state index in [4.69, 9.17) is 5.73 Å². The topological polar surface area (TPSA) is 125 Å². The first-order chi connectivity index (χ1) is 15.8. The quantitative estimate of drug-likeness (QED) is 0.541. The van der Waals surface area contributed by atoms with Crippen molar-refractivity contribution in [2.45, 2.75) is 44.3 Å². The Morgan fingerprint density at radius 3 is 2.45 bits per heavy atom. The normalized spacial score (nSPS) is 22.6. The number of carbonyl (C=O) groups excluding carboxylic acids is 4. The molecule has 33 heavy (non-hydrogen) atoms. The maximum atomic E-state index is 13.0. The minimum absolute atomic E-state index is 0.181. The molecule has 1 saturated heterocycles. The lowest BCUT2D eigenvalue weighted by molar-refractivity contribution is -0.140. The Kier molecular flexibility index (Phi) is 6.15. The fraction of sp³-hybridized carbons (Fsp3) is 0.333. The van der Waals surface area contributed by atoms with Gasteiger partial charge >= 0.3 is 6.03 Å². The molecule has 2 aliphatic rings. The number of imide groups is 1. The van der Waals surface area contributed by atoms with Crippen LogP contribution < -0.4 is 16.5 Å². The fourth-order valence-corrected chi connectivity index (χ4v) is 4.36. The standard InChI is InChI=1S/C24H27N5O4/c1-24(12-11-16-7-3-2-4-8-16)22(32)29(23(33)26-24)27-20(30)15-28-14-18-10-6-5-9-17(18)13-19(28)21(25)31/h2-10,19H,11-15H2,1H3,(H2,25,31)(H,26,33)(H,27,30). The van der Waals surface area contributed by atoms with Crippen LogP contribution in [0, 0.1) is 0 Å². The smallest absolute Gasteiger partial charge is 0.344 e. The molecule has 172 valence electrons. The number of hydrazine groups is 1. The highest BCUT2D eigenvalue weighted by Gasteiger charge is 2.48. The average Bonchev–Trinajstić information content (AvgIpc) is 3.01. The summed E-state index contributed by atoms with van der Waals surface area (Å²) in [6, 6.07) is 16.0. The summed E-state index contributed by atoms with van der Waals surface area (Å²) in [6.45, 7) is 1.83. The number of nitrogens with zero attached hydrogens (tertiary/aromatic N) is 2. The SMILES string of the molecule is CC1(CCc2ccccc2)NC(=O)N(NC(=O)CN2Cc3ccccc3CC2C(N)=O)C1=O. The van der Waals surface area contributed by atoms with Gasteiger partial charge in [-0.05, 0) is 42.9 Å². The van der Waals surface area contributed by atoms with Gasteiger partial charge in [0, 0.05) is 6.54 Å². The molecule has 9 heteroatoms. The number of benzene rings is 2. The van der Waals surface area contributed by atoms with Crippen molar-refractivity contribution < 1.29 is 19.2 Å². The molecular weight excluding hydrogens is 422 g/mol. The highest BCUT2D eigenvalue weighted by molar-refractivity contribution is 6.07. The highest BCUT2D eigenvalue weighted by atomic mass is 16.2. The number of carbonyl (C=O) groups is 4. The van der Waals surface area contributed by atoms with Gasteiger partial charge in [-0.25, -0.2) is 4.79 Å². The molecule has 0 saturated carbocycles. The van der Waals surface area contributed by atoms with Gasteiger partial charge in [-0.3, -0.25) is 24.7 Å². The van der Waals surface area contributed by atoms with E-state index >= 15 is 0 Å². The zero-order valence-electron chi connectivity index (χ0n) is 18.4. The summed E-state index contributed by atoms with van der Waals surface area (Å²) in [7, 11) is 0. The van der Waals surface area contributed by atoms with Crippen molar-refractivity contribution in [2.24, 2.45) is 5.73 Å². The Labute approximate surface area is 191 Å². The maximum absolute atomic E-state index is 13.0. The van der Waals surface area contributed by atoms with Crippen LogP contribution in [-0.4, -0.2) is 51.8 Å². The molecule has 2 aromatic rings. The number of hydrogen-bond donors (Lipinski definition) is 3. The average molecular weight is 450 g/mol. The summed E-state index contributed by atoms with van der Waals surface area (Å²) in [6.07, 6.45) is 1.39. The van der Waals surface area contributed by atoms with Crippen molar-refractivity contribution in [3.63, 3.8) is 0 Å². The van der Waals surface area contributed by atoms with Crippen molar-refractivity contribution in [1.82, 2.24) is 20.7 Å². The van der Waals surface area contributed by atoms with Crippen LogP contribution in [0.3, 0.4) is 0 Å². The molecule has 2 unspecified atom stereocenters. The van der Waals surface area contributed by atoms with E-state index in [9.17, 15) is 19.2 Å². The first-order valence-corrected chi connectivity index (χ1v) is 10.9. The number of urea groups is 1. The summed E-state index contributed by atoms with van der Waals surface area (Å²) in [5, 5.41) is 3.41. The largest absolute Gasteiger partial charge is 0.368 e. The van der Waals surface area contributed by atoms with Crippen molar-refractivity contribution in [2.75, 3.05) is 6.54 Å². The van der Waals surface area contributed by atoms with Gasteiger partial charge in [0.2, 0.25) is 5.91 Å². The number of rotatable bonds is 7. The van der Waals surface area contributed by atoms with Gasteiger partial charge in [0.05, 0.1) is 12.6 Å². The zero-order valence-corrected chi connectivity index (χ0v) is 18.4. The molecule has 2 aromatic carbocycles. The third-order valence-corrected chi connectivity index (χ3v) is 6.28. The summed E-state index contributed by atoms with van der Waals surface area (Å²) >= 11 is 0. The van der Waals surface area contributed by atoms with E-state index in [1.54, 1.807) is 11.8 Å². The Hall–Kier alpha value is -3.72. The van der Waals surface area contributed by atoms with Gasteiger partial charge in [0.15, 0.2) is 0 Å². The monoisotopic (exact) mass is 449 g/mol. The maximum Gasteiger partial charge on any atom is 0.344 e. The van der Waals surface area contributed by atoms with E-state index in [1.807, 2.05) is 54.6 Å². The number of amides is 5. The lowest BCUT2D eigenvalue weighted by atomic mass is 9.93. The lowest BCUT2D eigenvalue weighted by Crippen LogP contribution is -2.55. The number of nitrogens with two attached hydrogens (primary N) is 1. The van der Waals surface area contributed by atoms with E-state index in [0.29, 0.717) is 25.8 Å². The van der Waals surface area contributed by atoms with E-state index in [2.05, 4.69) is 10.7 Å². The van der Waals surface area contributed by atoms with Crippen LogP contribution >= 0.6 is 0 Å². The number of nitrogens with one attached hydrogen (secondary N) is 2. The number of fused-ring (bicyclic) bond motifs is 1. The molecule has 0 aromatic heterocycles. The van der Waals surface area contributed by atoms with E-state index in [0.717, 1.165) is 21.7 Å². The van der Waals surface area contributed by atoms with Crippen molar-refractivity contribution in [3.05, 3.63) is 71.3 Å². The Morgan fingerprint density at radius 1 is 1.09 bits per heavy atom. The Balaban J connectivity index is 1.40. The highest BCUT2D eigenvalue weighted by Crippen LogP contribution is 2.24.